The highest BCUT2D eigenvalue weighted by Gasteiger charge is 2.13. The van der Waals surface area contributed by atoms with Crippen LogP contribution >= 0.6 is 0 Å². The number of nitrogens with zero attached hydrogens (tertiary/aromatic N) is 3. The first kappa shape index (κ1) is 16.2. The van der Waals surface area contributed by atoms with Crippen molar-refractivity contribution in [3.63, 3.8) is 0 Å². The van der Waals surface area contributed by atoms with Crippen LogP contribution in [0.15, 0.2) is 6.33 Å². The van der Waals surface area contributed by atoms with Crippen molar-refractivity contribution in [1.82, 2.24) is 14.9 Å². The molecule has 6 nitrogen and oxygen atoms in total. The highest BCUT2D eigenvalue weighted by atomic mass is 16.2. The smallest absolute Gasteiger partial charge is 0.241 e. The predicted octanol–water partition coefficient (Wildman–Crippen LogP) is 1.75. The van der Waals surface area contributed by atoms with Gasteiger partial charge in [0, 0.05) is 25.7 Å². The van der Waals surface area contributed by atoms with E-state index in [1.165, 1.54) is 6.33 Å². The quantitative estimate of drug-likeness (QED) is 0.758. The van der Waals surface area contributed by atoms with E-state index in [1.54, 1.807) is 4.90 Å². The van der Waals surface area contributed by atoms with Crippen molar-refractivity contribution in [2.45, 2.75) is 33.6 Å². The molecule has 0 saturated heterocycles. The molecule has 2 N–H and O–H groups in total. The van der Waals surface area contributed by atoms with E-state index in [4.69, 9.17) is 0 Å². The zero-order valence-corrected chi connectivity index (χ0v) is 12.9. The number of hydrogen-bond donors (Lipinski definition) is 2. The molecule has 0 aromatic carbocycles. The highest BCUT2D eigenvalue weighted by Crippen LogP contribution is 2.20. The summed E-state index contributed by atoms with van der Waals surface area (Å²) in [5.74, 6) is 1.65. The second kappa shape index (κ2) is 8.35. The Morgan fingerprint density at radius 3 is 2.40 bits per heavy atom. The van der Waals surface area contributed by atoms with Crippen LogP contribution in [0.25, 0.3) is 0 Å². The summed E-state index contributed by atoms with van der Waals surface area (Å²) < 4.78 is 0. The third kappa shape index (κ3) is 4.08. The first-order valence-corrected chi connectivity index (χ1v) is 7.21. The topological polar surface area (TPSA) is 70.1 Å². The Balaban J connectivity index is 2.79. The molecule has 0 unspecified atom stereocenters. The van der Waals surface area contributed by atoms with Crippen molar-refractivity contribution in [3.05, 3.63) is 11.9 Å². The van der Waals surface area contributed by atoms with Gasteiger partial charge >= 0.3 is 0 Å². The molecule has 0 atom stereocenters. The summed E-state index contributed by atoms with van der Waals surface area (Å²) in [4.78, 5) is 22.3. The van der Waals surface area contributed by atoms with E-state index in [0.29, 0.717) is 0 Å². The van der Waals surface area contributed by atoms with Crippen LogP contribution in [0.1, 0.15) is 32.8 Å². The summed E-state index contributed by atoms with van der Waals surface area (Å²) in [6.45, 7) is 7.78. The molecule has 0 radical (unpaired) electrons. The Morgan fingerprint density at radius 2 is 1.85 bits per heavy atom. The number of carbonyl (C=O) groups excluding carboxylic acids is 1. The first-order valence-electron chi connectivity index (χ1n) is 7.21. The van der Waals surface area contributed by atoms with Crippen LogP contribution in [0, 0.1) is 0 Å². The lowest BCUT2D eigenvalue weighted by atomic mass is 10.1. The molecule has 0 aliphatic rings. The van der Waals surface area contributed by atoms with Crippen LogP contribution in [0.4, 0.5) is 11.6 Å². The molecule has 1 amide bonds. The molecular weight excluding hydrogens is 254 g/mol. The molecule has 1 heterocycles. The number of hydrogen-bond acceptors (Lipinski definition) is 5. The standard InChI is InChI=1S/C14H25N5O/c1-5-8-11-13(15-4)17-10-18-14(11)16-9-12(20)19(6-2)7-3/h10H,5-9H2,1-4H3,(H2,15,16,17,18). The molecule has 0 aliphatic carbocycles. The van der Waals surface area contributed by atoms with E-state index in [0.717, 1.165) is 43.1 Å². The number of carbonyl (C=O) groups is 1. The molecule has 0 bridgehead atoms. The van der Waals surface area contributed by atoms with Crippen LogP contribution in [0.3, 0.4) is 0 Å². The average molecular weight is 279 g/mol. The second-order valence-corrected chi connectivity index (χ2v) is 4.47. The Kier molecular flexibility index (Phi) is 6.76. The predicted molar refractivity (Wildman–Crippen MR) is 82.0 cm³/mol. The second-order valence-electron chi connectivity index (χ2n) is 4.47. The Bertz CT molecular complexity index is 432. The maximum Gasteiger partial charge on any atom is 0.241 e. The summed E-state index contributed by atoms with van der Waals surface area (Å²) in [5.41, 5.74) is 1.03. The lowest BCUT2D eigenvalue weighted by Gasteiger charge is -2.20. The Labute approximate surface area is 121 Å². The van der Waals surface area contributed by atoms with Crippen molar-refractivity contribution in [2.75, 3.05) is 37.3 Å². The number of aromatic nitrogens is 2. The van der Waals surface area contributed by atoms with E-state index in [9.17, 15) is 4.79 Å². The molecule has 1 aromatic rings. The third-order valence-electron chi connectivity index (χ3n) is 3.21. The average Bonchev–Trinajstić information content (AvgIpc) is 2.47. The molecule has 1 aromatic heterocycles. The zero-order valence-electron chi connectivity index (χ0n) is 12.9. The maximum absolute atomic E-state index is 12.0. The minimum atomic E-state index is 0.0852. The third-order valence-corrected chi connectivity index (χ3v) is 3.21. The lowest BCUT2D eigenvalue weighted by molar-refractivity contribution is -0.128. The van der Waals surface area contributed by atoms with Crippen molar-refractivity contribution in [3.8, 4) is 0 Å². The Morgan fingerprint density at radius 1 is 1.20 bits per heavy atom. The van der Waals surface area contributed by atoms with Gasteiger partial charge in [0.05, 0.1) is 6.54 Å². The SMILES string of the molecule is CCCc1c(NC)ncnc1NCC(=O)N(CC)CC. The van der Waals surface area contributed by atoms with Gasteiger partial charge in [-0.3, -0.25) is 4.79 Å². The van der Waals surface area contributed by atoms with Crippen molar-refractivity contribution in [2.24, 2.45) is 0 Å². The Hall–Kier alpha value is -1.85. The van der Waals surface area contributed by atoms with Crippen LogP contribution in [-0.2, 0) is 11.2 Å². The van der Waals surface area contributed by atoms with Gasteiger partial charge < -0.3 is 15.5 Å². The van der Waals surface area contributed by atoms with Crippen molar-refractivity contribution in [1.29, 1.82) is 0 Å². The van der Waals surface area contributed by atoms with E-state index >= 15 is 0 Å². The van der Waals surface area contributed by atoms with E-state index in [2.05, 4.69) is 27.5 Å². The minimum Gasteiger partial charge on any atom is -0.373 e. The zero-order chi connectivity index (χ0) is 15.0. The fourth-order valence-electron chi connectivity index (χ4n) is 2.11. The highest BCUT2D eigenvalue weighted by molar-refractivity contribution is 5.81. The van der Waals surface area contributed by atoms with Gasteiger partial charge in [-0.25, -0.2) is 9.97 Å². The van der Waals surface area contributed by atoms with Gasteiger partial charge in [0.15, 0.2) is 0 Å². The van der Waals surface area contributed by atoms with Gasteiger partial charge in [-0.1, -0.05) is 13.3 Å². The van der Waals surface area contributed by atoms with Gasteiger partial charge in [0.25, 0.3) is 0 Å². The minimum absolute atomic E-state index is 0.0852. The van der Waals surface area contributed by atoms with Gasteiger partial charge in [0.1, 0.15) is 18.0 Å². The van der Waals surface area contributed by atoms with Gasteiger partial charge in [-0.15, -0.1) is 0 Å². The number of anilines is 2. The number of likely N-dealkylation sites (N-methyl/N-ethyl adjacent to an activating group) is 1. The summed E-state index contributed by atoms with van der Waals surface area (Å²) >= 11 is 0. The molecule has 0 fully saturated rings. The number of rotatable bonds is 8. The summed E-state index contributed by atoms with van der Waals surface area (Å²) in [6.07, 6.45) is 3.38. The van der Waals surface area contributed by atoms with Crippen molar-refractivity contribution < 1.29 is 4.79 Å². The molecule has 20 heavy (non-hydrogen) atoms. The molecule has 112 valence electrons. The molecule has 0 saturated carbocycles. The summed E-state index contributed by atoms with van der Waals surface area (Å²) in [7, 11) is 1.84. The van der Waals surface area contributed by atoms with E-state index in [-0.39, 0.29) is 12.5 Å². The van der Waals surface area contributed by atoms with Crippen LogP contribution in [0.5, 0.6) is 0 Å². The maximum atomic E-state index is 12.0. The molecular formula is C14H25N5O. The number of nitrogens with one attached hydrogen (secondary N) is 2. The van der Waals surface area contributed by atoms with Crippen LogP contribution in [0.2, 0.25) is 0 Å². The van der Waals surface area contributed by atoms with E-state index < -0.39 is 0 Å². The molecule has 1 rings (SSSR count). The van der Waals surface area contributed by atoms with Crippen LogP contribution < -0.4 is 10.6 Å². The fourth-order valence-corrected chi connectivity index (χ4v) is 2.11. The lowest BCUT2D eigenvalue weighted by Crippen LogP contribution is -2.35. The molecule has 6 heteroatoms. The monoisotopic (exact) mass is 279 g/mol. The first-order chi connectivity index (χ1) is 9.67. The fraction of sp³-hybridized carbons (Fsp3) is 0.643. The molecule has 0 aliphatic heterocycles. The van der Waals surface area contributed by atoms with Gasteiger partial charge in [-0.05, 0) is 20.3 Å². The number of amides is 1. The molecule has 0 spiro atoms. The summed E-state index contributed by atoms with van der Waals surface area (Å²) in [6, 6.07) is 0. The largest absolute Gasteiger partial charge is 0.373 e. The van der Waals surface area contributed by atoms with E-state index in [1.807, 2.05) is 20.9 Å². The van der Waals surface area contributed by atoms with Gasteiger partial charge in [-0.2, -0.15) is 0 Å². The van der Waals surface area contributed by atoms with Crippen LogP contribution in [-0.4, -0.2) is 47.5 Å². The normalized spacial score (nSPS) is 10.2. The van der Waals surface area contributed by atoms with Crippen molar-refractivity contribution >= 4 is 17.5 Å². The van der Waals surface area contributed by atoms with Gasteiger partial charge in [0.2, 0.25) is 5.91 Å². The summed E-state index contributed by atoms with van der Waals surface area (Å²) in [5, 5.41) is 6.21.